The third-order valence-electron chi connectivity index (χ3n) is 13.3. The highest BCUT2D eigenvalue weighted by molar-refractivity contribution is 5.97. The van der Waals surface area contributed by atoms with E-state index in [0.717, 1.165) is 40.7 Å². The van der Waals surface area contributed by atoms with Crippen molar-refractivity contribution in [3.8, 4) is 33.4 Å². The van der Waals surface area contributed by atoms with Crippen molar-refractivity contribution in [2.24, 2.45) is 23.7 Å². The van der Waals surface area contributed by atoms with Crippen molar-refractivity contribution >= 4 is 27.8 Å². The Morgan fingerprint density at radius 2 is 0.902 bits per heavy atom. The molecule has 0 N–H and O–H groups in total. The van der Waals surface area contributed by atoms with Crippen LogP contribution < -0.4 is 4.90 Å². The van der Waals surface area contributed by atoms with E-state index in [9.17, 15) is 0 Å². The van der Waals surface area contributed by atoms with Gasteiger partial charge in [0.25, 0.3) is 0 Å². The highest BCUT2D eigenvalue weighted by Crippen LogP contribution is 2.70. The maximum Gasteiger partial charge on any atom is 0.0462 e. The smallest absolute Gasteiger partial charge is 0.0462 e. The monoisotopic (exact) mass is 655 g/mol. The van der Waals surface area contributed by atoms with Crippen LogP contribution in [-0.4, -0.2) is 0 Å². The number of benzene rings is 7. The van der Waals surface area contributed by atoms with Gasteiger partial charge in [0.15, 0.2) is 0 Å². The predicted octanol–water partition coefficient (Wildman–Crippen LogP) is 13.4. The van der Waals surface area contributed by atoms with Crippen LogP contribution in [0, 0.1) is 23.7 Å². The Bertz CT molecular complexity index is 2390. The van der Waals surface area contributed by atoms with Gasteiger partial charge in [-0.15, -0.1) is 0 Å². The minimum absolute atomic E-state index is 0.192. The van der Waals surface area contributed by atoms with E-state index in [4.69, 9.17) is 0 Å². The van der Waals surface area contributed by atoms with E-state index in [0.29, 0.717) is 0 Å². The van der Waals surface area contributed by atoms with Crippen molar-refractivity contribution in [3.63, 3.8) is 0 Å². The maximum absolute atomic E-state index is 2.51. The summed E-state index contributed by atoms with van der Waals surface area (Å²) >= 11 is 0. The minimum Gasteiger partial charge on any atom is -0.311 e. The zero-order chi connectivity index (χ0) is 33.5. The molecule has 51 heavy (non-hydrogen) atoms. The van der Waals surface area contributed by atoms with Gasteiger partial charge in [-0.25, -0.2) is 0 Å². The number of nitrogens with zero attached hydrogens (tertiary/aromatic N) is 1. The summed E-state index contributed by atoms with van der Waals surface area (Å²) in [6, 6.07) is 61.2. The molecule has 4 bridgehead atoms. The largest absolute Gasteiger partial charge is 0.311 e. The Morgan fingerprint density at radius 1 is 0.392 bits per heavy atom. The third kappa shape index (κ3) is 4.34. The Hall–Kier alpha value is -5.40. The molecule has 0 aliphatic heterocycles. The van der Waals surface area contributed by atoms with Gasteiger partial charge in [0.05, 0.1) is 0 Å². The van der Waals surface area contributed by atoms with Crippen LogP contribution in [0.3, 0.4) is 0 Å². The number of rotatable bonds is 5. The Balaban J connectivity index is 0.991. The molecule has 246 valence electrons. The predicted molar refractivity (Wildman–Crippen MR) is 213 cm³/mol. The molecule has 12 rings (SSSR count). The van der Waals surface area contributed by atoms with Gasteiger partial charge in [0.2, 0.25) is 0 Å². The lowest BCUT2D eigenvalue weighted by Crippen LogP contribution is -2.55. The molecule has 4 fully saturated rings. The number of hydrogen-bond donors (Lipinski definition) is 0. The molecule has 0 saturated heterocycles. The van der Waals surface area contributed by atoms with Crippen molar-refractivity contribution in [2.45, 2.75) is 37.5 Å². The fourth-order valence-corrected chi connectivity index (χ4v) is 11.5. The third-order valence-corrected chi connectivity index (χ3v) is 13.3. The second-order valence-electron chi connectivity index (χ2n) is 15.7. The van der Waals surface area contributed by atoms with E-state index in [2.05, 4.69) is 169 Å². The molecule has 1 heteroatoms. The van der Waals surface area contributed by atoms with Gasteiger partial charge in [-0.3, -0.25) is 0 Å². The van der Waals surface area contributed by atoms with E-state index in [-0.39, 0.29) is 5.41 Å². The van der Waals surface area contributed by atoms with Crippen LogP contribution in [0.5, 0.6) is 0 Å². The average molecular weight is 656 g/mol. The summed E-state index contributed by atoms with van der Waals surface area (Å²) < 4.78 is 0. The highest BCUT2D eigenvalue weighted by Gasteiger charge is 2.61. The number of fused-ring (bicyclic) bond motifs is 4. The Kier molecular flexibility index (Phi) is 6.50. The molecule has 4 saturated carbocycles. The molecule has 0 heterocycles. The molecule has 1 spiro atoms. The molecule has 5 aliphatic carbocycles. The first kappa shape index (κ1) is 29.3. The molecule has 0 atom stereocenters. The van der Waals surface area contributed by atoms with Crippen molar-refractivity contribution in [3.05, 3.63) is 175 Å². The van der Waals surface area contributed by atoms with Crippen LogP contribution in [0.4, 0.5) is 17.1 Å². The van der Waals surface area contributed by atoms with Crippen molar-refractivity contribution < 1.29 is 0 Å². The SMILES string of the molecule is c1ccc(N(c2ccc(-c3cccc4c3-c3ccccc3C43C4CC5CC(C4)CC3C5)cc2)c2ccc(-c3cccc4ccccc34)cc2)cc1. The van der Waals surface area contributed by atoms with Crippen molar-refractivity contribution in [1.82, 2.24) is 0 Å². The van der Waals surface area contributed by atoms with Gasteiger partial charge in [-0.1, -0.05) is 127 Å². The van der Waals surface area contributed by atoms with E-state index in [1.54, 1.807) is 11.1 Å². The zero-order valence-electron chi connectivity index (χ0n) is 28.9. The molecular formula is C50H41N. The molecule has 0 radical (unpaired) electrons. The number of hydrogen-bond acceptors (Lipinski definition) is 1. The number of para-hydroxylation sites is 1. The molecular weight excluding hydrogens is 615 g/mol. The second kappa shape index (κ2) is 11.3. The number of anilines is 3. The molecule has 0 aromatic heterocycles. The van der Waals surface area contributed by atoms with Crippen LogP contribution in [0.2, 0.25) is 0 Å². The minimum atomic E-state index is 0.192. The van der Waals surface area contributed by atoms with E-state index in [1.165, 1.54) is 76.3 Å². The van der Waals surface area contributed by atoms with Crippen LogP contribution in [0.25, 0.3) is 44.2 Å². The Labute approximate surface area is 301 Å². The quantitative estimate of drug-likeness (QED) is 0.178. The summed E-state index contributed by atoms with van der Waals surface area (Å²) in [4.78, 5) is 2.38. The molecule has 0 unspecified atom stereocenters. The van der Waals surface area contributed by atoms with Gasteiger partial charge in [-0.05, 0) is 147 Å². The van der Waals surface area contributed by atoms with Crippen LogP contribution in [0.15, 0.2) is 164 Å². The maximum atomic E-state index is 2.51. The van der Waals surface area contributed by atoms with Gasteiger partial charge in [-0.2, -0.15) is 0 Å². The van der Waals surface area contributed by atoms with Gasteiger partial charge < -0.3 is 4.90 Å². The first-order valence-electron chi connectivity index (χ1n) is 19.0. The normalized spacial score (nSPS) is 23.8. The fourth-order valence-electron chi connectivity index (χ4n) is 11.5. The first-order valence-corrected chi connectivity index (χ1v) is 19.0. The van der Waals surface area contributed by atoms with E-state index >= 15 is 0 Å². The molecule has 7 aromatic carbocycles. The fraction of sp³-hybridized carbons (Fsp3) is 0.200. The van der Waals surface area contributed by atoms with E-state index < -0.39 is 0 Å². The summed E-state index contributed by atoms with van der Waals surface area (Å²) in [6.45, 7) is 0. The summed E-state index contributed by atoms with van der Waals surface area (Å²) in [6.07, 6.45) is 7.14. The summed E-state index contributed by atoms with van der Waals surface area (Å²) in [5, 5.41) is 2.55. The van der Waals surface area contributed by atoms with Crippen molar-refractivity contribution in [2.75, 3.05) is 4.90 Å². The molecule has 7 aromatic rings. The Morgan fingerprint density at radius 3 is 1.63 bits per heavy atom. The van der Waals surface area contributed by atoms with E-state index in [1.807, 2.05) is 0 Å². The molecule has 0 amide bonds. The summed E-state index contributed by atoms with van der Waals surface area (Å²) in [7, 11) is 0. The average Bonchev–Trinajstić information content (AvgIpc) is 3.49. The highest BCUT2D eigenvalue weighted by atomic mass is 15.1. The lowest BCUT2D eigenvalue weighted by Gasteiger charge is -2.61. The topological polar surface area (TPSA) is 3.24 Å². The van der Waals surface area contributed by atoms with Gasteiger partial charge >= 0.3 is 0 Å². The van der Waals surface area contributed by atoms with Gasteiger partial charge in [0, 0.05) is 22.5 Å². The summed E-state index contributed by atoms with van der Waals surface area (Å²) in [5.41, 5.74) is 15.1. The van der Waals surface area contributed by atoms with Gasteiger partial charge in [0.1, 0.15) is 0 Å². The zero-order valence-corrected chi connectivity index (χ0v) is 28.9. The second-order valence-corrected chi connectivity index (χ2v) is 15.7. The van der Waals surface area contributed by atoms with Crippen LogP contribution in [0.1, 0.15) is 43.2 Å². The summed E-state index contributed by atoms with van der Waals surface area (Å²) in [5.74, 6) is 3.46. The first-order chi connectivity index (χ1) is 25.3. The van der Waals surface area contributed by atoms with Crippen molar-refractivity contribution in [1.29, 1.82) is 0 Å². The lowest BCUT2D eigenvalue weighted by molar-refractivity contribution is -0.0399. The van der Waals surface area contributed by atoms with Crippen LogP contribution in [-0.2, 0) is 5.41 Å². The lowest BCUT2D eigenvalue weighted by atomic mass is 9.43. The molecule has 5 aliphatic rings. The van der Waals surface area contributed by atoms with Crippen LogP contribution >= 0.6 is 0 Å². The standard InChI is InChI=1S/C50H41N/c1-2-12-40(13-3-1)51(41-24-20-36(21-25-41)44-16-8-11-35-10-4-5-14-43(35)44)42-26-22-37(23-27-42)45-17-9-19-48-49(45)46-15-6-7-18-47(46)50(48)38-29-33-28-34(31-38)32-39(50)30-33/h1-27,33-34,38-39H,28-32H2. The molecule has 1 nitrogen and oxygen atoms in total.